The first-order valence-corrected chi connectivity index (χ1v) is 9.95. The molecule has 1 aliphatic heterocycles. The molecule has 0 radical (unpaired) electrons. The first-order chi connectivity index (χ1) is 14.0. The molecule has 3 aromatic rings. The van der Waals surface area contributed by atoms with Crippen molar-refractivity contribution in [3.63, 3.8) is 0 Å². The van der Waals surface area contributed by atoms with Crippen LogP contribution in [0.3, 0.4) is 0 Å². The molecule has 1 aromatic carbocycles. The fourth-order valence-electron chi connectivity index (χ4n) is 4.01. The van der Waals surface area contributed by atoms with Gasteiger partial charge < -0.3 is 9.42 Å². The molecule has 0 N–H and O–H groups in total. The molecular formula is C22H25FN4O2. The van der Waals surface area contributed by atoms with E-state index < -0.39 is 0 Å². The summed E-state index contributed by atoms with van der Waals surface area (Å²) in [7, 11) is 1.86. The van der Waals surface area contributed by atoms with Crippen molar-refractivity contribution in [3.8, 4) is 11.3 Å². The number of aryl methyl sites for hydroxylation is 2. The molecule has 29 heavy (non-hydrogen) atoms. The number of likely N-dealkylation sites (tertiary alicyclic amines) is 1. The van der Waals surface area contributed by atoms with Crippen LogP contribution in [0.15, 0.2) is 35.0 Å². The van der Waals surface area contributed by atoms with Crippen molar-refractivity contribution in [1.29, 1.82) is 0 Å². The summed E-state index contributed by atoms with van der Waals surface area (Å²) in [6, 6.07) is 6.28. The number of carbonyl (C=O) groups excluding carboxylic acids is 1. The van der Waals surface area contributed by atoms with Crippen molar-refractivity contribution in [3.05, 3.63) is 58.8 Å². The van der Waals surface area contributed by atoms with Gasteiger partial charge in [0.1, 0.15) is 5.82 Å². The summed E-state index contributed by atoms with van der Waals surface area (Å²) in [6.07, 6.45) is 4.72. The van der Waals surface area contributed by atoms with E-state index in [4.69, 9.17) is 4.52 Å². The largest absolute Gasteiger partial charge is 0.356 e. The molecule has 1 saturated heterocycles. The van der Waals surface area contributed by atoms with Crippen molar-refractivity contribution in [2.45, 2.75) is 45.6 Å². The van der Waals surface area contributed by atoms with E-state index in [0.717, 1.165) is 41.8 Å². The summed E-state index contributed by atoms with van der Waals surface area (Å²) >= 11 is 0. The van der Waals surface area contributed by atoms with Crippen LogP contribution in [-0.2, 0) is 18.3 Å². The molecule has 0 aliphatic carbocycles. The van der Waals surface area contributed by atoms with Gasteiger partial charge in [0.05, 0.1) is 29.4 Å². The Hall–Kier alpha value is -2.96. The Bertz CT molecular complexity index is 1040. The molecule has 152 valence electrons. The summed E-state index contributed by atoms with van der Waals surface area (Å²) in [5.74, 6) is 0.264. The SMILES string of the molecule is Cc1noc(-c2cn(C)nc2[C@H]2CCCCN2C(=O)Cc2ccccc2F)c1C. The second-order valence-electron chi connectivity index (χ2n) is 7.69. The van der Waals surface area contributed by atoms with Crippen LogP contribution in [0.2, 0.25) is 0 Å². The molecule has 7 heteroatoms. The lowest BCUT2D eigenvalue weighted by Crippen LogP contribution is -2.40. The summed E-state index contributed by atoms with van der Waals surface area (Å²) in [5.41, 5.74) is 3.91. The highest BCUT2D eigenvalue weighted by molar-refractivity contribution is 5.80. The van der Waals surface area contributed by atoms with Gasteiger partial charge in [0, 0.05) is 25.4 Å². The third kappa shape index (κ3) is 3.69. The topological polar surface area (TPSA) is 64.2 Å². The number of piperidine rings is 1. The van der Waals surface area contributed by atoms with Gasteiger partial charge in [-0.25, -0.2) is 4.39 Å². The van der Waals surface area contributed by atoms with Crippen molar-refractivity contribution in [1.82, 2.24) is 19.8 Å². The average molecular weight is 396 g/mol. The molecule has 1 fully saturated rings. The third-order valence-corrected chi connectivity index (χ3v) is 5.70. The number of nitrogens with zero attached hydrogens (tertiary/aromatic N) is 4. The Morgan fingerprint density at radius 3 is 2.79 bits per heavy atom. The van der Waals surface area contributed by atoms with Gasteiger partial charge in [-0.05, 0) is 44.7 Å². The molecule has 0 saturated carbocycles. The molecular weight excluding hydrogens is 371 g/mol. The minimum absolute atomic E-state index is 0.0474. The van der Waals surface area contributed by atoms with Gasteiger partial charge in [-0.2, -0.15) is 5.10 Å². The maximum atomic E-state index is 14.1. The van der Waals surface area contributed by atoms with Crippen molar-refractivity contribution in [2.75, 3.05) is 6.54 Å². The normalized spacial score (nSPS) is 17.0. The number of carbonyl (C=O) groups is 1. The lowest BCUT2D eigenvalue weighted by atomic mass is 9.94. The van der Waals surface area contributed by atoms with Crippen LogP contribution < -0.4 is 0 Å². The van der Waals surface area contributed by atoms with Crippen LogP contribution in [0.5, 0.6) is 0 Å². The van der Waals surface area contributed by atoms with E-state index in [1.807, 2.05) is 32.0 Å². The zero-order chi connectivity index (χ0) is 20.5. The summed E-state index contributed by atoms with van der Waals surface area (Å²) in [5, 5.41) is 8.75. The van der Waals surface area contributed by atoms with Gasteiger partial charge in [-0.1, -0.05) is 23.4 Å². The van der Waals surface area contributed by atoms with Gasteiger partial charge >= 0.3 is 0 Å². The quantitative estimate of drug-likeness (QED) is 0.665. The summed E-state index contributed by atoms with van der Waals surface area (Å²) in [4.78, 5) is 15.0. The predicted molar refractivity (Wildman–Crippen MR) is 107 cm³/mol. The number of hydrogen-bond acceptors (Lipinski definition) is 4. The van der Waals surface area contributed by atoms with E-state index in [2.05, 4.69) is 10.3 Å². The van der Waals surface area contributed by atoms with Crippen molar-refractivity contribution >= 4 is 5.91 Å². The highest BCUT2D eigenvalue weighted by atomic mass is 19.1. The Morgan fingerprint density at radius 2 is 2.07 bits per heavy atom. The number of aromatic nitrogens is 3. The van der Waals surface area contributed by atoms with Gasteiger partial charge in [-0.15, -0.1) is 0 Å². The van der Waals surface area contributed by atoms with E-state index in [-0.39, 0.29) is 24.2 Å². The van der Waals surface area contributed by atoms with E-state index in [1.165, 1.54) is 6.07 Å². The lowest BCUT2D eigenvalue weighted by Gasteiger charge is -2.35. The van der Waals surface area contributed by atoms with Crippen molar-refractivity contribution < 1.29 is 13.7 Å². The Balaban J connectivity index is 1.67. The molecule has 0 spiro atoms. The average Bonchev–Trinajstić information content (AvgIpc) is 3.25. The molecule has 6 nitrogen and oxygen atoms in total. The molecule has 4 rings (SSSR count). The first-order valence-electron chi connectivity index (χ1n) is 9.95. The van der Waals surface area contributed by atoms with Crippen molar-refractivity contribution in [2.24, 2.45) is 7.05 Å². The van der Waals surface area contributed by atoms with Crippen LogP contribution in [-0.4, -0.2) is 32.3 Å². The Morgan fingerprint density at radius 1 is 1.28 bits per heavy atom. The third-order valence-electron chi connectivity index (χ3n) is 5.70. The highest BCUT2D eigenvalue weighted by Crippen LogP contribution is 2.38. The van der Waals surface area contributed by atoms with E-state index in [1.54, 1.807) is 22.9 Å². The molecule has 1 aliphatic rings. The maximum absolute atomic E-state index is 14.1. The Labute approximate surface area is 169 Å². The van der Waals surface area contributed by atoms with Crippen LogP contribution in [0.1, 0.15) is 47.8 Å². The van der Waals surface area contributed by atoms with Crippen LogP contribution in [0.25, 0.3) is 11.3 Å². The summed E-state index contributed by atoms with van der Waals surface area (Å²) < 4.78 is 21.4. The number of halogens is 1. The molecule has 2 aromatic heterocycles. The lowest BCUT2D eigenvalue weighted by molar-refractivity contribution is -0.134. The summed E-state index contributed by atoms with van der Waals surface area (Å²) in [6.45, 7) is 4.52. The predicted octanol–water partition coefficient (Wildman–Crippen LogP) is 4.13. The zero-order valence-electron chi connectivity index (χ0n) is 17.0. The second-order valence-corrected chi connectivity index (χ2v) is 7.69. The number of amides is 1. The molecule has 1 atom stereocenters. The molecule has 0 bridgehead atoms. The van der Waals surface area contributed by atoms with E-state index in [9.17, 15) is 9.18 Å². The zero-order valence-corrected chi connectivity index (χ0v) is 17.0. The van der Waals surface area contributed by atoms with E-state index >= 15 is 0 Å². The minimum Gasteiger partial charge on any atom is -0.356 e. The van der Waals surface area contributed by atoms with Crippen LogP contribution in [0.4, 0.5) is 4.39 Å². The maximum Gasteiger partial charge on any atom is 0.227 e. The molecule has 3 heterocycles. The second kappa shape index (κ2) is 7.81. The standard InChI is InChI=1S/C22H25FN4O2/c1-14-15(2)25-29-22(14)17-13-26(3)24-21(17)19-10-6-7-11-27(19)20(28)12-16-8-4-5-9-18(16)23/h4-5,8-9,13,19H,6-7,10-12H2,1-3H3/t19-/m1/s1. The molecule has 0 unspecified atom stereocenters. The van der Waals surface area contributed by atoms with Crippen LogP contribution in [0, 0.1) is 19.7 Å². The first kappa shape index (κ1) is 19.4. The van der Waals surface area contributed by atoms with Gasteiger partial charge in [0.2, 0.25) is 5.91 Å². The number of hydrogen-bond donors (Lipinski definition) is 0. The van der Waals surface area contributed by atoms with Gasteiger partial charge in [0.25, 0.3) is 0 Å². The fourth-order valence-corrected chi connectivity index (χ4v) is 4.01. The number of rotatable bonds is 4. The van der Waals surface area contributed by atoms with Crippen LogP contribution >= 0.6 is 0 Å². The van der Waals surface area contributed by atoms with Gasteiger partial charge in [0.15, 0.2) is 5.76 Å². The monoisotopic (exact) mass is 396 g/mol. The molecule has 1 amide bonds. The number of benzene rings is 1. The highest BCUT2D eigenvalue weighted by Gasteiger charge is 2.33. The van der Waals surface area contributed by atoms with Gasteiger partial charge in [-0.3, -0.25) is 9.48 Å². The van der Waals surface area contributed by atoms with E-state index in [0.29, 0.717) is 17.9 Å². The smallest absolute Gasteiger partial charge is 0.227 e. The fraction of sp³-hybridized carbons (Fsp3) is 0.409. The minimum atomic E-state index is -0.347. The Kier molecular flexibility index (Phi) is 5.22.